The lowest BCUT2D eigenvalue weighted by Gasteiger charge is -2.20. The largest absolute Gasteiger partial charge is 0.493 e. The van der Waals surface area contributed by atoms with Crippen molar-refractivity contribution in [2.45, 2.75) is 26.9 Å². The summed E-state index contributed by atoms with van der Waals surface area (Å²) in [6.45, 7) is 6.51. The van der Waals surface area contributed by atoms with Crippen LogP contribution < -0.4 is 19.9 Å². The van der Waals surface area contributed by atoms with Gasteiger partial charge in [-0.2, -0.15) is 0 Å². The van der Waals surface area contributed by atoms with Gasteiger partial charge in [-0.15, -0.1) is 0 Å². The first-order valence-corrected chi connectivity index (χ1v) is 10.0. The third-order valence-electron chi connectivity index (χ3n) is 5.33. The lowest BCUT2D eigenvalue weighted by atomic mass is 10.1. The Kier molecular flexibility index (Phi) is 6.62. The van der Waals surface area contributed by atoms with Crippen LogP contribution in [0, 0.1) is 6.92 Å². The summed E-state index contributed by atoms with van der Waals surface area (Å²) in [5.41, 5.74) is 3.51. The molecule has 3 aromatic rings. The van der Waals surface area contributed by atoms with Crippen LogP contribution in [-0.2, 0) is 13.1 Å². The van der Waals surface area contributed by atoms with Gasteiger partial charge < -0.3 is 19.3 Å². The number of fused-ring (bicyclic) bond motifs is 1. The van der Waals surface area contributed by atoms with Crippen molar-refractivity contribution in [2.75, 3.05) is 39.8 Å². The van der Waals surface area contributed by atoms with Crippen molar-refractivity contribution < 1.29 is 9.47 Å². The molecular weight excluding hydrogens is 380 g/mol. The Balaban J connectivity index is 1.93. The Hall–Kier alpha value is -3.06. The molecule has 0 radical (unpaired) electrons. The Morgan fingerprint density at radius 3 is 2.40 bits per heavy atom. The second kappa shape index (κ2) is 9.17. The number of hydrogen-bond acceptors (Lipinski definition) is 6. The van der Waals surface area contributed by atoms with Crippen LogP contribution in [0.2, 0.25) is 0 Å². The summed E-state index contributed by atoms with van der Waals surface area (Å²) < 4.78 is 10.8. The van der Waals surface area contributed by atoms with Gasteiger partial charge in [0.05, 0.1) is 25.1 Å². The molecule has 0 atom stereocenters. The van der Waals surface area contributed by atoms with E-state index in [4.69, 9.17) is 9.47 Å². The van der Waals surface area contributed by atoms with Crippen molar-refractivity contribution in [2.24, 2.45) is 0 Å². The maximum atomic E-state index is 12.8. The molecule has 30 heavy (non-hydrogen) atoms. The van der Waals surface area contributed by atoms with Crippen LogP contribution in [0.4, 0.5) is 5.95 Å². The van der Waals surface area contributed by atoms with Gasteiger partial charge in [0.1, 0.15) is 0 Å². The van der Waals surface area contributed by atoms with E-state index in [1.165, 1.54) is 5.56 Å². The fourth-order valence-corrected chi connectivity index (χ4v) is 3.62. The van der Waals surface area contributed by atoms with Crippen molar-refractivity contribution in [1.29, 1.82) is 0 Å². The quantitative estimate of drug-likeness (QED) is 0.614. The van der Waals surface area contributed by atoms with Crippen molar-refractivity contribution in [3.8, 4) is 11.5 Å². The minimum absolute atomic E-state index is 0.196. The van der Waals surface area contributed by atoms with Crippen molar-refractivity contribution in [3.63, 3.8) is 0 Å². The lowest BCUT2D eigenvalue weighted by molar-refractivity contribution is 0.345. The number of aryl methyl sites for hydroxylation is 1. The fraction of sp³-hybridized carbons (Fsp3) is 0.391. The molecule has 0 aliphatic heterocycles. The molecular formula is C23H30N4O3. The highest BCUT2D eigenvalue weighted by Crippen LogP contribution is 2.35. The molecule has 0 aliphatic carbocycles. The zero-order valence-electron chi connectivity index (χ0n) is 18.6. The van der Waals surface area contributed by atoms with E-state index >= 15 is 0 Å². The predicted octanol–water partition coefficient (Wildman–Crippen LogP) is 3.34. The minimum atomic E-state index is -0.196. The van der Waals surface area contributed by atoms with E-state index in [2.05, 4.69) is 53.1 Å². The molecule has 7 heteroatoms. The SMILES string of the molecule is CCN(C)Cc1cccc(CN(C)c2nc3cc(OC)c(OC)c(C)c3c(=O)[nH]2)c1. The Morgan fingerprint density at radius 2 is 1.77 bits per heavy atom. The highest BCUT2D eigenvalue weighted by Gasteiger charge is 2.17. The molecule has 1 N–H and O–H groups in total. The zero-order chi connectivity index (χ0) is 21.8. The van der Waals surface area contributed by atoms with Crippen molar-refractivity contribution in [1.82, 2.24) is 14.9 Å². The maximum Gasteiger partial charge on any atom is 0.260 e. The van der Waals surface area contributed by atoms with Crippen LogP contribution in [0.3, 0.4) is 0 Å². The fourth-order valence-electron chi connectivity index (χ4n) is 3.62. The Bertz CT molecular complexity index is 1090. The number of anilines is 1. The third kappa shape index (κ3) is 4.41. The molecule has 0 spiro atoms. The van der Waals surface area contributed by atoms with Gasteiger partial charge in [-0.05, 0) is 31.6 Å². The average Bonchev–Trinajstić information content (AvgIpc) is 2.73. The lowest BCUT2D eigenvalue weighted by Crippen LogP contribution is -2.23. The molecule has 0 unspecified atom stereocenters. The number of ether oxygens (including phenoxy) is 2. The Labute approximate surface area is 177 Å². The second-order valence-electron chi connectivity index (χ2n) is 7.53. The molecule has 7 nitrogen and oxygen atoms in total. The van der Waals surface area contributed by atoms with Gasteiger partial charge in [-0.25, -0.2) is 4.98 Å². The van der Waals surface area contributed by atoms with Gasteiger partial charge in [0.2, 0.25) is 5.95 Å². The summed E-state index contributed by atoms with van der Waals surface area (Å²) in [5, 5.41) is 0.509. The predicted molar refractivity (Wildman–Crippen MR) is 121 cm³/mol. The number of nitrogens with one attached hydrogen (secondary N) is 1. The van der Waals surface area contributed by atoms with Crippen LogP contribution in [0.1, 0.15) is 23.6 Å². The van der Waals surface area contributed by atoms with Gasteiger partial charge in [0, 0.05) is 31.8 Å². The molecule has 1 heterocycles. The first-order chi connectivity index (χ1) is 14.4. The van der Waals surface area contributed by atoms with Gasteiger partial charge in [0.15, 0.2) is 11.5 Å². The average molecular weight is 411 g/mol. The van der Waals surface area contributed by atoms with Crippen LogP contribution >= 0.6 is 0 Å². The summed E-state index contributed by atoms with van der Waals surface area (Å²) in [4.78, 5) is 24.6. The van der Waals surface area contributed by atoms with Gasteiger partial charge in [0.25, 0.3) is 5.56 Å². The van der Waals surface area contributed by atoms with E-state index in [9.17, 15) is 4.79 Å². The number of benzene rings is 2. The molecule has 0 bridgehead atoms. The van der Waals surface area contributed by atoms with E-state index in [0.717, 1.165) is 18.7 Å². The molecule has 0 aliphatic rings. The summed E-state index contributed by atoms with van der Waals surface area (Å²) in [5.74, 6) is 1.62. The first-order valence-electron chi connectivity index (χ1n) is 10.0. The number of aromatic amines is 1. The number of H-pyrrole nitrogens is 1. The molecule has 2 aromatic carbocycles. The number of hydrogen-bond donors (Lipinski definition) is 1. The minimum Gasteiger partial charge on any atom is -0.493 e. The van der Waals surface area contributed by atoms with Crippen LogP contribution in [0.15, 0.2) is 35.1 Å². The molecule has 160 valence electrons. The molecule has 1 aromatic heterocycles. The molecule has 0 amide bonds. The zero-order valence-corrected chi connectivity index (χ0v) is 18.6. The smallest absolute Gasteiger partial charge is 0.260 e. The third-order valence-corrected chi connectivity index (χ3v) is 5.33. The monoisotopic (exact) mass is 410 g/mol. The standard InChI is InChI=1S/C23H30N4O3/c1-7-26(3)13-16-9-8-10-17(11-16)14-27(4)23-24-18-12-19(29-5)21(30-6)15(2)20(18)22(28)25-23/h8-12H,7,13-14H2,1-6H3,(H,24,25,28). The molecule has 3 rings (SSSR count). The van der Waals surface area contributed by atoms with E-state index < -0.39 is 0 Å². The van der Waals surface area contributed by atoms with Gasteiger partial charge in [-0.3, -0.25) is 9.78 Å². The topological polar surface area (TPSA) is 70.7 Å². The van der Waals surface area contributed by atoms with E-state index in [1.54, 1.807) is 20.3 Å². The number of nitrogens with zero attached hydrogens (tertiary/aromatic N) is 3. The maximum absolute atomic E-state index is 12.8. The molecule has 0 fully saturated rings. The summed E-state index contributed by atoms with van der Waals surface area (Å²) in [6, 6.07) is 10.2. The van der Waals surface area contributed by atoms with E-state index in [-0.39, 0.29) is 5.56 Å². The van der Waals surface area contributed by atoms with E-state index in [1.807, 2.05) is 18.9 Å². The number of aromatic nitrogens is 2. The van der Waals surface area contributed by atoms with Crippen LogP contribution in [0.5, 0.6) is 11.5 Å². The molecule has 0 saturated carbocycles. The van der Waals surface area contributed by atoms with Gasteiger partial charge >= 0.3 is 0 Å². The van der Waals surface area contributed by atoms with E-state index in [0.29, 0.717) is 40.5 Å². The summed E-state index contributed by atoms with van der Waals surface area (Å²) >= 11 is 0. The van der Waals surface area contributed by atoms with Crippen molar-refractivity contribution >= 4 is 16.9 Å². The summed E-state index contributed by atoms with van der Waals surface area (Å²) in [6.07, 6.45) is 0. The van der Waals surface area contributed by atoms with Gasteiger partial charge in [-0.1, -0.05) is 31.2 Å². The van der Waals surface area contributed by atoms with Crippen molar-refractivity contribution in [3.05, 3.63) is 57.4 Å². The Morgan fingerprint density at radius 1 is 1.07 bits per heavy atom. The molecule has 0 saturated heterocycles. The number of methoxy groups -OCH3 is 2. The first kappa shape index (κ1) is 21.6. The highest BCUT2D eigenvalue weighted by atomic mass is 16.5. The number of rotatable bonds is 8. The van der Waals surface area contributed by atoms with Crippen LogP contribution in [-0.4, -0.2) is 49.7 Å². The second-order valence-corrected chi connectivity index (χ2v) is 7.53. The van der Waals surface area contributed by atoms with Crippen LogP contribution in [0.25, 0.3) is 10.9 Å². The highest BCUT2D eigenvalue weighted by molar-refractivity contribution is 5.86. The summed E-state index contributed by atoms with van der Waals surface area (Å²) in [7, 11) is 7.16. The normalized spacial score (nSPS) is 11.2.